The van der Waals surface area contributed by atoms with E-state index < -0.39 is 0 Å². The number of amides is 1. The number of hydrogen-bond donors (Lipinski definition) is 1. The predicted molar refractivity (Wildman–Crippen MR) is 81.9 cm³/mol. The van der Waals surface area contributed by atoms with E-state index in [0.717, 1.165) is 11.3 Å². The first-order valence-corrected chi connectivity index (χ1v) is 6.58. The lowest BCUT2D eigenvalue weighted by Crippen LogP contribution is -2.14. The van der Waals surface area contributed by atoms with Gasteiger partial charge >= 0.3 is 0 Å². The van der Waals surface area contributed by atoms with E-state index in [1.54, 1.807) is 12.3 Å². The Morgan fingerprint density at radius 1 is 0.857 bits per heavy atom. The Balaban J connectivity index is 1.85. The monoisotopic (exact) mass is 275 g/mol. The molecule has 0 aliphatic heterocycles. The first kappa shape index (κ1) is 13.0. The van der Waals surface area contributed by atoms with Crippen LogP contribution in [0.4, 0.5) is 5.69 Å². The number of benzene rings is 2. The highest BCUT2D eigenvalue weighted by Crippen LogP contribution is 2.14. The standard InChI is InChI=1S/C17H13N3O/c21-17(19-14-9-5-2-6-10-14)15-11-12-18-16(20-15)13-7-3-1-4-8-13/h1-12H,(H,19,21). The van der Waals surface area contributed by atoms with Crippen LogP contribution in [0.2, 0.25) is 0 Å². The van der Waals surface area contributed by atoms with Crippen LogP contribution in [-0.2, 0) is 0 Å². The molecule has 0 unspecified atom stereocenters. The lowest BCUT2D eigenvalue weighted by atomic mass is 10.2. The number of rotatable bonds is 3. The average molecular weight is 275 g/mol. The summed E-state index contributed by atoms with van der Waals surface area (Å²) in [6.45, 7) is 0. The van der Waals surface area contributed by atoms with E-state index in [9.17, 15) is 4.79 Å². The Hall–Kier alpha value is -3.01. The summed E-state index contributed by atoms with van der Waals surface area (Å²) in [6.07, 6.45) is 1.59. The number of anilines is 1. The molecule has 0 spiro atoms. The van der Waals surface area contributed by atoms with E-state index in [1.807, 2.05) is 60.7 Å². The molecule has 21 heavy (non-hydrogen) atoms. The highest BCUT2D eigenvalue weighted by molar-refractivity contribution is 6.03. The summed E-state index contributed by atoms with van der Waals surface area (Å²) in [5.41, 5.74) is 1.96. The Morgan fingerprint density at radius 2 is 1.52 bits per heavy atom. The number of carbonyl (C=O) groups excluding carboxylic acids is 1. The molecule has 4 heteroatoms. The van der Waals surface area contributed by atoms with Crippen LogP contribution < -0.4 is 5.32 Å². The van der Waals surface area contributed by atoms with Gasteiger partial charge in [-0.25, -0.2) is 9.97 Å². The predicted octanol–water partition coefficient (Wildman–Crippen LogP) is 3.40. The van der Waals surface area contributed by atoms with Crippen LogP contribution in [0.3, 0.4) is 0 Å². The number of hydrogen-bond acceptors (Lipinski definition) is 3. The van der Waals surface area contributed by atoms with E-state index >= 15 is 0 Å². The molecular weight excluding hydrogens is 262 g/mol. The maximum absolute atomic E-state index is 12.2. The van der Waals surface area contributed by atoms with Crippen molar-refractivity contribution in [3.63, 3.8) is 0 Å². The molecule has 0 radical (unpaired) electrons. The molecule has 1 heterocycles. The largest absolute Gasteiger partial charge is 0.321 e. The van der Waals surface area contributed by atoms with Gasteiger partial charge in [0, 0.05) is 17.4 Å². The zero-order chi connectivity index (χ0) is 14.5. The minimum Gasteiger partial charge on any atom is -0.321 e. The van der Waals surface area contributed by atoms with Crippen molar-refractivity contribution < 1.29 is 4.79 Å². The molecule has 4 nitrogen and oxygen atoms in total. The molecule has 1 aromatic heterocycles. The quantitative estimate of drug-likeness (QED) is 0.797. The normalized spacial score (nSPS) is 10.1. The van der Waals surface area contributed by atoms with Gasteiger partial charge in [0.15, 0.2) is 5.82 Å². The Labute approximate surface area is 122 Å². The van der Waals surface area contributed by atoms with Gasteiger partial charge in [-0.15, -0.1) is 0 Å². The number of para-hydroxylation sites is 1. The first-order chi connectivity index (χ1) is 10.3. The summed E-state index contributed by atoms with van der Waals surface area (Å²) in [6, 6.07) is 20.5. The molecule has 0 bridgehead atoms. The molecule has 3 aromatic rings. The molecule has 0 saturated heterocycles. The van der Waals surface area contributed by atoms with Gasteiger partial charge in [0.1, 0.15) is 5.69 Å². The van der Waals surface area contributed by atoms with Crippen molar-refractivity contribution in [2.45, 2.75) is 0 Å². The lowest BCUT2D eigenvalue weighted by molar-refractivity contribution is 0.102. The van der Waals surface area contributed by atoms with Crippen molar-refractivity contribution >= 4 is 11.6 Å². The van der Waals surface area contributed by atoms with Gasteiger partial charge in [-0.05, 0) is 18.2 Å². The van der Waals surface area contributed by atoms with Gasteiger partial charge in [0.2, 0.25) is 0 Å². The molecule has 0 atom stereocenters. The number of nitrogens with one attached hydrogen (secondary N) is 1. The third-order valence-corrected chi connectivity index (χ3v) is 2.95. The zero-order valence-corrected chi connectivity index (χ0v) is 11.2. The topological polar surface area (TPSA) is 54.9 Å². The van der Waals surface area contributed by atoms with E-state index in [1.165, 1.54) is 0 Å². The molecular formula is C17H13N3O. The molecule has 0 aliphatic carbocycles. The van der Waals surface area contributed by atoms with Gasteiger partial charge in [0.05, 0.1) is 0 Å². The third kappa shape index (κ3) is 3.12. The van der Waals surface area contributed by atoms with Gasteiger partial charge < -0.3 is 5.32 Å². The summed E-state index contributed by atoms with van der Waals surface area (Å²) in [5.74, 6) is 0.289. The highest BCUT2D eigenvalue weighted by atomic mass is 16.1. The van der Waals surface area contributed by atoms with Crippen LogP contribution in [-0.4, -0.2) is 15.9 Å². The lowest BCUT2D eigenvalue weighted by Gasteiger charge is -2.05. The second-order valence-electron chi connectivity index (χ2n) is 4.45. The third-order valence-electron chi connectivity index (χ3n) is 2.95. The van der Waals surface area contributed by atoms with Crippen molar-refractivity contribution in [1.82, 2.24) is 9.97 Å². The molecule has 0 aliphatic rings. The van der Waals surface area contributed by atoms with Crippen molar-refractivity contribution in [3.8, 4) is 11.4 Å². The van der Waals surface area contributed by atoms with E-state index in [4.69, 9.17) is 0 Å². The second-order valence-corrected chi connectivity index (χ2v) is 4.45. The fourth-order valence-electron chi connectivity index (χ4n) is 1.93. The first-order valence-electron chi connectivity index (χ1n) is 6.58. The molecule has 2 aromatic carbocycles. The molecule has 1 amide bonds. The number of carbonyl (C=O) groups is 1. The highest BCUT2D eigenvalue weighted by Gasteiger charge is 2.09. The van der Waals surface area contributed by atoms with Crippen LogP contribution in [0.25, 0.3) is 11.4 Å². The Morgan fingerprint density at radius 3 is 2.24 bits per heavy atom. The van der Waals surface area contributed by atoms with Crippen molar-refractivity contribution in [1.29, 1.82) is 0 Å². The van der Waals surface area contributed by atoms with Gasteiger partial charge in [0.25, 0.3) is 5.91 Å². The van der Waals surface area contributed by atoms with Crippen LogP contribution in [0.5, 0.6) is 0 Å². The fraction of sp³-hybridized carbons (Fsp3) is 0. The maximum atomic E-state index is 12.2. The van der Waals surface area contributed by atoms with Gasteiger partial charge in [-0.1, -0.05) is 48.5 Å². The molecule has 1 N–H and O–H groups in total. The summed E-state index contributed by atoms with van der Waals surface area (Å²) in [5, 5.41) is 2.81. The minimum atomic E-state index is -0.249. The summed E-state index contributed by atoms with van der Waals surface area (Å²) in [4.78, 5) is 20.7. The van der Waals surface area contributed by atoms with Crippen LogP contribution in [0.15, 0.2) is 72.9 Å². The molecule has 3 rings (SSSR count). The fourth-order valence-corrected chi connectivity index (χ4v) is 1.93. The van der Waals surface area contributed by atoms with Crippen molar-refractivity contribution in [2.75, 3.05) is 5.32 Å². The SMILES string of the molecule is O=C(Nc1ccccc1)c1ccnc(-c2ccccc2)n1. The van der Waals surface area contributed by atoms with E-state index in [0.29, 0.717) is 11.5 Å². The number of nitrogens with zero attached hydrogens (tertiary/aromatic N) is 2. The van der Waals surface area contributed by atoms with Crippen LogP contribution in [0.1, 0.15) is 10.5 Å². The zero-order valence-electron chi connectivity index (χ0n) is 11.2. The average Bonchev–Trinajstić information content (AvgIpc) is 2.57. The Bertz CT molecular complexity index is 742. The van der Waals surface area contributed by atoms with E-state index in [2.05, 4.69) is 15.3 Å². The summed E-state index contributed by atoms with van der Waals surface area (Å²) >= 11 is 0. The maximum Gasteiger partial charge on any atom is 0.274 e. The molecule has 102 valence electrons. The van der Waals surface area contributed by atoms with Gasteiger partial charge in [-0.3, -0.25) is 4.79 Å². The summed E-state index contributed by atoms with van der Waals surface area (Å²) < 4.78 is 0. The number of aromatic nitrogens is 2. The van der Waals surface area contributed by atoms with E-state index in [-0.39, 0.29) is 5.91 Å². The second kappa shape index (κ2) is 5.96. The molecule has 0 saturated carbocycles. The van der Waals surface area contributed by atoms with Crippen LogP contribution >= 0.6 is 0 Å². The van der Waals surface area contributed by atoms with Crippen molar-refractivity contribution in [3.05, 3.63) is 78.6 Å². The Kier molecular flexibility index (Phi) is 3.69. The van der Waals surface area contributed by atoms with Gasteiger partial charge in [-0.2, -0.15) is 0 Å². The molecule has 0 fully saturated rings. The smallest absolute Gasteiger partial charge is 0.274 e. The summed E-state index contributed by atoms with van der Waals surface area (Å²) in [7, 11) is 0. The van der Waals surface area contributed by atoms with Crippen LogP contribution in [0, 0.1) is 0 Å². The minimum absolute atomic E-state index is 0.249. The van der Waals surface area contributed by atoms with Crippen molar-refractivity contribution in [2.24, 2.45) is 0 Å².